The normalized spacial score (nSPS) is 11.5. The van der Waals surface area contributed by atoms with Gasteiger partial charge < -0.3 is 20.3 Å². The first-order valence-electron chi connectivity index (χ1n) is 4.89. The minimum absolute atomic E-state index is 0.0431. The topological polar surface area (TPSA) is 145 Å². The fourth-order valence-corrected chi connectivity index (χ4v) is 1.41. The van der Waals surface area contributed by atoms with Gasteiger partial charge in [-0.2, -0.15) is 0 Å². The van der Waals surface area contributed by atoms with E-state index in [0.717, 1.165) is 10.8 Å². The minimum atomic E-state index is -1.99. The first-order chi connectivity index (χ1) is 8.38. The van der Waals surface area contributed by atoms with Crippen LogP contribution in [0.5, 0.6) is 0 Å². The quantitative estimate of drug-likeness (QED) is 0.486. The Morgan fingerprint density at radius 2 is 1.94 bits per heavy atom. The van der Waals surface area contributed by atoms with Crippen LogP contribution in [-0.4, -0.2) is 48.4 Å². The molecule has 0 spiro atoms. The summed E-state index contributed by atoms with van der Waals surface area (Å²) in [5, 5.41) is 39.5. The van der Waals surface area contributed by atoms with Gasteiger partial charge in [0.15, 0.2) is 0 Å². The van der Waals surface area contributed by atoms with E-state index in [-0.39, 0.29) is 11.6 Å². The van der Waals surface area contributed by atoms with E-state index in [9.17, 15) is 20.2 Å². The monoisotopic (exact) mass is 260 g/mol. The van der Waals surface area contributed by atoms with Gasteiger partial charge in [0, 0.05) is 4.92 Å². The molecule has 0 atom stereocenters. The molecular weight excluding hydrogens is 248 g/mol. The molecule has 0 saturated heterocycles. The smallest absolute Gasteiger partial charge is 0.342 e. The molecule has 1 heterocycles. The molecule has 2 N–H and O–H groups in total. The van der Waals surface area contributed by atoms with Gasteiger partial charge in [-0.05, 0) is 4.92 Å². The van der Waals surface area contributed by atoms with Crippen LogP contribution in [0.2, 0.25) is 0 Å². The van der Waals surface area contributed by atoms with E-state index in [1.807, 2.05) is 0 Å². The van der Waals surface area contributed by atoms with Crippen LogP contribution in [0.4, 0.5) is 5.82 Å². The van der Waals surface area contributed by atoms with Gasteiger partial charge in [-0.25, -0.2) is 9.55 Å². The lowest BCUT2D eigenvalue weighted by Crippen LogP contribution is -2.48. The van der Waals surface area contributed by atoms with Crippen molar-refractivity contribution in [2.24, 2.45) is 7.05 Å². The third-order valence-electron chi connectivity index (χ3n) is 2.71. The first-order valence-corrected chi connectivity index (χ1v) is 4.89. The molecule has 0 unspecified atom stereocenters. The Hall–Kier alpha value is -2.07. The van der Waals surface area contributed by atoms with E-state index >= 15 is 0 Å². The largest absolute Gasteiger partial charge is 0.389 e. The number of imidazole rings is 1. The molecule has 0 radical (unpaired) electrons. The van der Waals surface area contributed by atoms with E-state index in [4.69, 9.17) is 10.2 Å². The van der Waals surface area contributed by atoms with Crippen molar-refractivity contribution in [3.05, 3.63) is 32.2 Å². The van der Waals surface area contributed by atoms with Crippen molar-refractivity contribution in [3.63, 3.8) is 0 Å². The maximum absolute atomic E-state index is 10.9. The third-order valence-corrected chi connectivity index (χ3v) is 2.71. The Morgan fingerprint density at radius 3 is 2.28 bits per heavy atom. The van der Waals surface area contributed by atoms with Crippen molar-refractivity contribution < 1.29 is 20.1 Å². The predicted molar refractivity (Wildman–Crippen MR) is 57.5 cm³/mol. The molecule has 1 aromatic heterocycles. The van der Waals surface area contributed by atoms with E-state index in [2.05, 4.69) is 4.98 Å². The van der Waals surface area contributed by atoms with Crippen molar-refractivity contribution in [2.75, 3.05) is 13.2 Å². The summed E-state index contributed by atoms with van der Waals surface area (Å²) in [6.07, 6.45) is 0.562. The second-order valence-corrected chi connectivity index (χ2v) is 3.82. The van der Waals surface area contributed by atoms with E-state index in [1.54, 1.807) is 0 Å². The van der Waals surface area contributed by atoms with E-state index in [0.29, 0.717) is 0 Å². The highest BCUT2D eigenvalue weighted by Gasteiger charge is 2.44. The molecule has 0 fully saturated rings. The molecule has 0 aromatic carbocycles. The number of aliphatic hydroxyl groups is 2. The molecule has 1 aromatic rings. The fourth-order valence-electron chi connectivity index (χ4n) is 1.41. The van der Waals surface area contributed by atoms with Crippen LogP contribution >= 0.6 is 0 Å². The Balaban J connectivity index is 3.09. The van der Waals surface area contributed by atoms with Crippen molar-refractivity contribution in [1.29, 1.82) is 0 Å². The Morgan fingerprint density at radius 1 is 1.39 bits per heavy atom. The number of nitro groups is 2. The van der Waals surface area contributed by atoms with Gasteiger partial charge in [-0.1, -0.05) is 0 Å². The minimum Gasteiger partial charge on any atom is -0.389 e. The maximum Gasteiger partial charge on any atom is 0.342 e. The molecule has 0 amide bonds. The molecule has 0 aliphatic carbocycles. The first kappa shape index (κ1) is 14.0. The SMILES string of the molecule is Cn1c([N+](=O)[O-])cnc1CC(CO)(CO)[N+](=O)[O-]. The number of hydrogen-bond acceptors (Lipinski definition) is 7. The molecule has 0 aliphatic rings. The molecular formula is C8H12N4O6. The van der Waals surface area contributed by atoms with Crippen molar-refractivity contribution in [3.8, 4) is 0 Å². The van der Waals surface area contributed by atoms with Crippen LogP contribution < -0.4 is 0 Å². The summed E-state index contributed by atoms with van der Waals surface area (Å²) in [5.41, 5.74) is -1.99. The fraction of sp³-hybridized carbons (Fsp3) is 0.625. The van der Waals surface area contributed by atoms with Crippen molar-refractivity contribution in [1.82, 2.24) is 9.55 Å². The summed E-state index contributed by atoms with van der Waals surface area (Å²) in [4.78, 5) is 23.6. The van der Waals surface area contributed by atoms with Crippen molar-refractivity contribution in [2.45, 2.75) is 12.0 Å². The molecule has 0 saturated carbocycles. The number of hydrogen-bond donors (Lipinski definition) is 2. The molecule has 10 heteroatoms. The van der Waals surface area contributed by atoms with Gasteiger partial charge in [0.05, 0.1) is 7.05 Å². The van der Waals surface area contributed by atoms with Gasteiger partial charge >= 0.3 is 5.82 Å². The van der Waals surface area contributed by atoms with E-state index < -0.39 is 35.0 Å². The highest BCUT2D eigenvalue weighted by Crippen LogP contribution is 2.19. The second kappa shape index (κ2) is 5.06. The van der Waals surface area contributed by atoms with Crippen LogP contribution in [0.25, 0.3) is 0 Å². The zero-order chi connectivity index (χ0) is 13.9. The van der Waals surface area contributed by atoms with Crippen LogP contribution in [0.3, 0.4) is 0 Å². The molecule has 10 nitrogen and oxygen atoms in total. The van der Waals surface area contributed by atoms with Crippen molar-refractivity contribution >= 4 is 5.82 Å². The number of aromatic nitrogens is 2. The van der Waals surface area contributed by atoms with Gasteiger partial charge in [0.1, 0.15) is 25.8 Å². The molecule has 0 bridgehead atoms. The highest BCUT2D eigenvalue weighted by molar-refractivity contribution is 5.19. The Bertz CT molecular complexity index is 466. The number of aliphatic hydroxyl groups excluding tert-OH is 2. The lowest BCUT2D eigenvalue weighted by atomic mass is 9.98. The van der Waals surface area contributed by atoms with Gasteiger partial charge in [0.2, 0.25) is 5.82 Å². The molecule has 0 aliphatic heterocycles. The van der Waals surface area contributed by atoms with Crippen LogP contribution in [-0.2, 0) is 13.5 Å². The summed E-state index contributed by atoms with van der Waals surface area (Å²) >= 11 is 0. The zero-order valence-electron chi connectivity index (χ0n) is 9.51. The van der Waals surface area contributed by atoms with E-state index in [1.165, 1.54) is 7.05 Å². The summed E-state index contributed by atoms with van der Waals surface area (Å²) in [6.45, 7) is -1.78. The maximum atomic E-state index is 10.9. The summed E-state index contributed by atoms with van der Waals surface area (Å²) in [5.74, 6) is -0.278. The van der Waals surface area contributed by atoms with Gasteiger partial charge in [0.25, 0.3) is 5.54 Å². The summed E-state index contributed by atoms with van der Waals surface area (Å²) in [7, 11) is 1.33. The van der Waals surface area contributed by atoms with Crippen LogP contribution in [0.1, 0.15) is 5.82 Å². The lowest BCUT2D eigenvalue weighted by molar-refractivity contribution is -0.577. The number of rotatable bonds is 6. The highest BCUT2D eigenvalue weighted by atomic mass is 16.6. The molecule has 100 valence electrons. The van der Waals surface area contributed by atoms with Gasteiger partial charge in [-0.3, -0.25) is 10.1 Å². The molecule has 1 rings (SSSR count). The average molecular weight is 260 g/mol. The Labute approximate surface area is 101 Å². The molecule has 18 heavy (non-hydrogen) atoms. The standard InChI is InChI=1S/C8H12N4O6/c1-10-6(9-3-7(10)11(15)16)2-8(4-13,5-14)12(17)18/h3,13-14H,2,4-5H2,1H3. The number of nitrogens with zero attached hydrogens (tertiary/aromatic N) is 4. The lowest BCUT2D eigenvalue weighted by Gasteiger charge is -2.18. The third kappa shape index (κ3) is 2.28. The van der Waals surface area contributed by atoms with Gasteiger partial charge in [-0.15, -0.1) is 0 Å². The predicted octanol–water partition coefficient (Wildman–Crippen LogP) is -1.13. The average Bonchev–Trinajstić information content (AvgIpc) is 2.67. The summed E-state index contributed by atoms with van der Waals surface area (Å²) < 4.78 is 1.07. The Kier molecular flexibility index (Phi) is 3.93. The zero-order valence-corrected chi connectivity index (χ0v) is 9.51. The van der Waals surface area contributed by atoms with Crippen LogP contribution in [0.15, 0.2) is 6.20 Å². The second-order valence-electron chi connectivity index (χ2n) is 3.82. The van der Waals surface area contributed by atoms with Crippen LogP contribution in [0, 0.1) is 20.2 Å². The summed E-state index contributed by atoms with van der Waals surface area (Å²) in [6, 6.07) is 0.